The summed E-state index contributed by atoms with van der Waals surface area (Å²) in [6, 6.07) is 18.0. The SMILES string of the molecule is CC(=O)N1CCC(N)CC1.CC(C)(C)OC(=O)c1cc(Br)nc(C2CCCCC2)c1.CCOC(=O)C(=O)CC(=O)C1CCCCC1.CCOC(=O)c1cc(C2CCCCC2)[nH]c(=O)c1C#N.C[Si](C)(C)Br.Cl.N#CCC(N)=O.O=C(O)c1cc(Br)nc(C2CCCCC2)c1.O=C(O)c1cc(C2CCCCC2)[nH]c(=O)c1.O=C(O)c1cc(Cl)nc(C2CCCCC2)c1.O=CO[O-].O=P(Cl)(Cl)Cl.[H-].[K+].[K+]. The Morgan fingerprint density at radius 3 is 1.30 bits per heavy atom. The summed E-state index contributed by atoms with van der Waals surface area (Å²) in [5.74, 6) is -4.00. The third-order valence-corrected chi connectivity index (χ3v) is 22.7. The largest absolute Gasteiger partial charge is 1.00 e. The van der Waals surface area contributed by atoms with Gasteiger partial charge in [0.2, 0.25) is 23.2 Å². The topological polar surface area (TPSA) is 533 Å². The van der Waals surface area contributed by atoms with E-state index in [1.807, 2.05) is 31.7 Å². The van der Waals surface area contributed by atoms with Crippen molar-refractivity contribution in [2.45, 2.75) is 321 Å². The van der Waals surface area contributed by atoms with Crippen molar-refractivity contribution >= 4 is 182 Å². The number of piperidine rings is 1. The summed E-state index contributed by atoms with van der Waals surface area (Å²) in [4.78, 5) is 166. The third kappa shape index (κ3) is 60.7. The molecule has 5 aromatic rings. The molecular weight excluding hydrogens is 2160 g/mol. The molecule has 0 atom stereocenters. The van der Waals surface area contributed by atoms with E-state index in [9.17, 15) is 62.1 Å². The van der Waals surface area contributed by atoms with E-state index in [-0.39, 0.29) is 212 Å². The Balaban J connectivity index is -0.00000149. The van der Waals surface area contributed by atoms with Gasteiger partial charge in [-0.05, 0) is 250 Å². The van der Waals surface area contributed by atoms with Gasteiger partial charge in [0.15, 0.2) is 0 Å². The molecule has 0 aromatic carbocycles. The summed E-state index contributed by atoms with van der Waals surface area (Å²) in [7, 11) is 0. The van der Waals surface area contributed by atoms with Crippen molar-refractivity contribution in [2.24, 2.45) is 17.4 Å². The Hall–Kier alpha value is -4.57. The number of nitrogens with one attached hydrogen (secondary N) is 2. The van der Waals surface area contributed by atoms with E-state index >= 15 is 0 Å². The van der Waals surface area contributed by atoms with Crippen LogP contribution in [0.25, 0.3) is 0 Å². The molecule has 6 saturated carbocycles. The number of carbonyl (C=O) groups excluding carboxylic acids is 8. The first-order valence-corrected chi connectivity index (χ1v) is 57.2. The van der Waals surface area contributed by atoms with E-state index in [1.165, 1.54) is 76.7 Å². The number of primary amides is 1. The van der Waals surface area contributed by atoms with Gasteiger partial charge in [-0.25, -0.2) is 43.7 Å². The molecule has 752 valence electrons. The number of nitrogens with two attached hydrogens (primary N) is 2. The van der Waals surface area contributed by atoms with Crippen LogP contribution < -0.4 is 131 Å². The molecule has 44 heteroatoms. The number of rotatable bonds is 18. The number of aromatic nitrogens is 5. The number of ether oxygens (including phenoxy) is 3. The van der Waals surface area contributed by atoms with Crippen LogP contribution in [-0.2, 0) is 52.4 Å². The Morgan fingerprint density at radius 1 is 0.591 bits per heavy atom. The van der Waals surface area contributed by atoms with E-state index < -0.39 is 64.6 Å². The second-order valence-electron chi connectivity index (χ2n) is 34.7. The Bertz CT molecular complexity index is 4780. The molecule has 0 bridgehead atoms. The van der Waals surface area contributed by atoms with Crippen molar-refractivity contribution in [3.05, 3.63) is 152 Å². The minimum Gasteiger partial charge on any atom is -1.00 e. The number of H-pyrrole nitrogens is 2. The molecule has 6 aliphatic carbocycles. The summed E-state index contributed by atoms with van der Waals surface area (Å²) in [6.07, 6.45) is 35.5. The number of aromatic amines is 2. The van der Waals surface area contributed by atoms with Gasteiger partial charge in [-0.2, -0.15) is 10.5 Å². The fraction of sp³-hybridized carbons (Fsp3) is 0.591. The van der Waals surface area contributed by atoms with Crippen molar-refractivity contribution in [2.75, 3.05) is 26.3 Å². The number of aromatic carboxylic acids is 3. The van der Waals surface area contributed by atoms with Crippen LogP contribution >= 0.6 is 110 Å². The van der Waals surface area contributed by atoms with Gasteiger partial charge >= 0.3 is 144 Å². The minimum absolute atomic E-state index is 0. The quantitative estimate of drug-likeness (QED) is 0.00366. The molecule has 0 spiro atoms. The summed E-state index contributed by atoms with van der Waals surface area (Å²) >= 11 is 29.9. The van der Waals surface area contributed by atoms with Gasteiger partial charge < -0.3 is 67.4 Å². The number of amides is 2. The van der Waals surface area contributed by atoms with Crippen LogP contribution in [0.2, 0.25) is 24.8 Å². The van der Waals surface area contributed by atoms with Crippen LogP contribution in [0, 0.1) is 28.6 Å². The Labute approximate surface area is 940 Å². The number of hydrogen-bond donors (Lipinski definition) is 7. The first kappa shape index (κ1) is 134. The standard InChI is InChI=1S/C16H22BrNO2.C15H18N2O3.C12H14BrNO2.C12H14ClNO2.C12H15NO3.C12H18O4.C7H14N2O.C3H9BrSi.C3H4N2O.CH2O3.Cl3OP.ClH.2K.H/c1-16(2,3)20-15(19)12-9-13(18-14(17)10-12)11-7-5-4-6-8-11;1-2-20-15(19)11-8-13(10-6-4-3-5-7-10)17-14(18)12(11)9-16;2*13-11-7-9(12(15)16)6-10(14-11)8-4-2-1-3-5-8;14-11-7-9(12(15)16)6-10(13-11)8-4-2-1-3-5-8;1-2-16-12(15)11(14)8-10(13)9-6-4-3-5-7-9;1-6(10)9-4-2-7(8)3-5-9;1-5(2,3)4;4-2-1-3(5)6;2-1-4-3;1-5(2,3)4;;;;/h9-11H,4-8H2,1-3H3;8,10H,2-7H2,1H3,(H,17,18);2*6-8H,1-5H2,(H,15,16);6-8H,1-5H2,(H,13,14)(H,15,16);9H,2-8H2,1H3;7H,2-5,8H2,1H3;1-3H3;1H2,(H2,5,6);1,3H;;1H;;;/q;;;;;;;;;;;;2*+1;-1/p-1. The van der Waals surface area contributed by atoms with Crippen LogP contribution in [0.3, 0.4) is 0 Å². The molecule has 2 amide bonds. The molecule has 1 saturated heterocycles. The summed E-state index contributed by atoms with van der Waals surface area (Å²) in [6.45, 7) is 18.4. The predicted octanol–water partition coefficient (Wildman–Crippen LogP) is 15.5. The van der Waals surface area contributed by atoms with Gasteiger partial charge in [0.05, 0.1) is 53.5 Å². The van der Waals surface area contributed by atoms with Gasteiger partial charge in [-0.3, -0.25) is 38.1 Å². The number of nitriles is 2. The molecule has 6 heterocycles. The second-order valence-corrected chi connectivity index (χ2v) is 54.6. The minimum atomic E-state index is -3.22. The fourth-order valence-electron chi connectivity index (χ4n) is 15.4. The normalized spacial score (nSPS) is 15.6. The second kappa shape index (κ2) is 73.5. The number of carboxylic acid groups (broad SMARTS) is 3. The number of carbonyl (C=O) groups is 11. The molecule has 9 N–H and O–H groups in total. The molecule has 1 aliphatic heterocycles. The van der Waals surface area contributed by atoms with E-state index in [4.69, 9.17) is 62.7 Å². The van der Waals surface area contributed by atoms with Gasteiger partial charge in [0.25, 0.3) is 12.0 Å². The number of carboxylic acids is 3. The van der Waals surface area contributed by atoms with Crippen molar-refractivity contribution in [1.29, 1.82) is 10.5 Å². The molecule has 7 aliphatic rings. The maximum atomic E-state index is 12.2. The number of hydrogen-bond acceptors (Lipinski definition) is 25. The molecule has 32 nitrogen and oxygen atoms in total. The first-order valence-electron chi connectivity index (χ1n) is 45.1. The number of nitrogens with zero attached hydrogens (tertiary/aromatic N) is 6. The Kier molecular flexibility index (Phi) is 72.1. The van der Waals surface area contributed by atoms with Crippen molar-refractivity contribution < 1.29 is 201 Å². The first-order chi connectivity index (χ1) is 63.0. The predicted molar refractivity (Wildman–Crippen MR) is 533 cm³/mol. The average molecular weight is 2300 g/mol. The fourth-order valence-corrected chi connectivity index (χ4v) is 16.5. The monoisotopic (exact) mass is 2290 g/mol. The van der Waals surface area contributed by atoms with Gasteiger partial charge in [-0.15, -0.1) is 27.7 Å². The zero-order valence-electron chi connectivity index (χ0n) is 81.1. The van der Waals surface area contributed by atoms with Gasteiger partial charge in [0, 0.05) is 84.3 Å². The molecular formula is C93H131Br3Cl5K2N10O22PSi. The maximum absolute atomic E-state index is 12.2. The van der Waals surface area contributed by atoms with Crippen LogP contribution in [0.5, 0.6) is 0 Å². The number of pyridine rings is 5. The molecule has 7 fully saturated rings. The maximum Gasteiger partial charge on any atom is 1.00 e. The van der Waals surface area contributed by atoms with E-state index in [2.05, 4.69) is 141 Å². The summed E-state index contributed by atoms with van der Waals surface area (Å²) < 4.78 is 25.7. The Morgan fingerprint density at radius 2 is 0.949 bits per heavy atom. The summed E-state index contributed by atoms with van der Waals surface area (Å²) in [5, 5.41) is 49.0. The van der Waals surface area contributed by atoms with Crippen LogP contribution in [0.1, 0.15) is 377 Å². The molecule has 5 aromatic heterocycles. The van der Waals surface area contributed by atoms with Crippen molar-refractivity contribution in [3.8, 4) is 12.1 Å². The number of ketones is 2. The molecule has 0 unspecified atom stereocenters. The van der Waals surface area contributed by atoms with Crippen molar-refractivity contribution in [1.82, 2.24) is 29.8 Å². The number of likely N-dealkylation sites (tertiary alicyclic amines) is 1. The van der Waals surface area contributed by atoms with E-state index in [1.54, 1.807) is 69.3 Å². The van der Waals surface area contributed by atoms with Crippen molar-refractivity contribution in [3.63, 3.8) is 0 Å². The van der Waals surface area contributed by atoms with Crippen LogP contribution in [-0.4, -0.2) is 155 Å². The van der Waals surface area contributed by atoms with E-state index in [0.29, 0.717) is 50.0 Å². The zero-order valence-corrected chi connectivity index (χ0v) is 96.9. The zero-order chi connectivity index (χ0) is 101. The molecule has 137 heavy (non-hydrogen) atoms. The summed E-state index contributed by atoms with van der Waals surface area (Å²) in [5.41, 5.74) is 14.4. The van der Waals surface area contributed by atoms with E-state index in [0.717, 1.165) is 182 Å². The smallest absolute Gasteiger partial charge is 1.00 e. The number of esters is 3. The molecule has 0 radical (unpaired) electrons. The van der Waals surface area contributed by atoms with Crippen LogP contribution in [0.4, 0.5) is 0 Å². The van der Waals surface area contributed by atoms with Crippen LogP contribution in [0.15, 0.2) is 73.4 Å². The average Bonchev–Trinajstić information content (AvgIpc) is 0.802. The number of halogens is 8. The third-order valence-electron chi connectivity index (χ3n) is 21.7. The van der Waals surface area contributed by atoms with Gasteiger partial charge in [-0.1, -0.05) is 147 Å². The van der Waals surface area contributed by atoms with Gasteiger partial charge in [0.1, 0.15) is 50.5 Å². The molecule has 12 rings (SSSR count). The number of Topliss-reactive ketones (excluding diaryl/α,β-unsaturated/α-hetero) is 2.